The Morgan fingerprint density at radius 2 is 1.75 bits per heavy atom. The van der Waals surface area contributed by atoms with Gasteiger partial charge in [0.1, 0.15) is 0 Å². The molecule has 1 saturated heterocycles. The first-order chi connectivity index (χ1) is 9.33. The van der Waals surface area contributed by atoms with Crippen LogP contribution in [-0.2, 0) is 6.54 Å². The van der Waals surface area contributed by atoms with E-state index in [0.29, 0.717) is 0 Å². The summed E-state index contributed by atoms with van der Waals surface area (Å²) in [6.07, 6.45) is 0. The molecule has 0 aliphatic carbocycles. The first-order valence-electron chi connectivity index (χ1n) is 6.40. The summed E-state index contributed by atoms with van der Waals surface area (Å²) in [5, 5.41) is 4.08. The van der Waals surface area contributed by atoms with E-state index in [2.05, 4.69) is 22.4 Å². The highest BCUT2D eigenvalue weighted by Gasteiger charge is 2.22. The number of thiophene rings is 2. The Labute approximate surface area is 133 Å². The number of piperazine rings is 1. The minimum atomic E-state index is 0. The van der Waals surface area contributed by atoms with E-state index in [0.717, 1.165) is 37.6 Å². The summed E-state index contributed by atoms with van der Waals surface area (Å²) in [6, 6.07) is 8.11. The summed E-state index contributed by atoms with van der Waals surface area (Å²) in [7, 11) is 0. The predicted octanol–water partition coefficient (Wildman–Crippen LogP) is 3.19. The smallest absolute Gasteiger partial charge is 0.264 e. The van der Waals surface area contributed by atoms with E-state index in [-0.39, 0.29) is 18.3 Å². The van der Waals surface area contributed by atoms with Crippen LogP contribution in [0.1, 0.15) is 14.5 Å². The minimum absolute atomic E-state index is 0. The van der Waals surface area contributed by atoms with Crippen molar-refractivity contribution in [2.75, 3.05) is 26.2 Å². The standard InChI is InChI=1S/C14H16N2OS2.ClH/c17-14(13-4-2-10-19-13)16-7-5-15(6-8-16)11-12-3-1-9-18-12;/h1-4,9-10H,5-8,11H2;1H. The second-order valence-corrected chi connectivity index (χ2v) is 6.60. The molecule has 2 aromatic rings. The highest BCUT2D eigenvalue weighted by molar-refractivity contribution is 7.12. The zero-order valence-electron chi connectivity index (χ0n) is 11.0. The number of amides is 1. The van der Waals surface area contributed by atoms with Gasteiger partial charge in [0.25, 0.3) is 5.91 Å². The Bertz CT molecular complexity index is 519. The van der Waals surface area contributed by atoms with Gasteiger partial charge in [0.15, 0.2) is 0 Å². The number of hydrogen-bond donors (Lipinski definition) is 0. The average molecular weight is 329 g/mol. The lowest BCUT2D eigenvalue weighted by Gasteiger charge is -2.34. The van der Waals surface area contributed by atoms with Gasteiger partial charge in [-0.2, -0.15) is 0 Å². The molecule has 20 heavy (non-hydrogen) atoms. The van der Waals surface area contributed by atoms with Gasteiger partial charge in [0.2, 0.25) is 0 Å². The molecule has 2 aromatic heterocycles. The average Bonchev–Trinajstić information content (AvgIpc) is 3.12. The molecule has 0 saturated carbocycles. The third-order valence-electron chi connectivity index (χ3n) is 3.35. The molecule has 3 heterocycles. The molecule has 0 unspecified atom stereocenters. The van der Waals surface area contributed by atoms with Crippen LogP contribution in [0.3, 0.4) is 0 Å². The van der Waals surface area contributed by atoms with Crippen LogP contribution in [0.25, 0.3) is 0 Å². The summed E-state index contributed by atoms with van der Waals surface area (Å²) < 4.78 is 0. The summed E-state index contributed by atoms with van der Waals surface area (Å²) in [5.41, 5.74) is 0. The van der Waals surface area contributed by atoms with Crippen molar-refractivity contribution < 1.29 is 4.79 Å². The van der Waals surface area contributed by atoms with Gasteiger partial charge >= 0.3 is 0 Å². The third-order valence-corrected chi connectivity index (χ3v) is 5.07. The normalized spacial score (nSPS) is 15.9. The number of carbonyl (C=O) groups excluding carboxylic acids is 1. The monoisotopic (exact) mass is 328 g/mol. The van der Waals surface area contributed by atoms with Crippen LogP contribution in [0.2, 0.25) is 0 Å². The van der Waals surface area contributed by atoms with E-state index in [1.807, 2.05) is 22.4 Å². The number of rotatable bonds is 3. The van der Waals surface area contributed by atoms with Crippen LogP contribution in [0.15, 0.2) is 35.0 Å². The van der Waals surface area contributed by atoms with E-state index in [1.165, 1.54) is 16.2 Å². The van der Waals surface area contributed by atoms with Crippen molar-refractivity contribution in [1.29, 1.82) is 0 Å². The molecular weight excluding hydrogens is 312 g/mol. The highest BCUT2D eigenvalue weighted by atomic mass is 35.5. The number of hydrogen-bond acceptors (Lipinski definition) is 4. The maximum absolute atomic E-state index is 12.2. The van der Waals surface area contributed by atoms with Gasteiger partial charge in [0.05, 0.1) is 4.88 Å². The van der Waals surface area contributed by atoms with Crippen molar-refractivity contribution >= 4 is 41.0 Å². The Balaban J connectivity index is 0.00000147. The first kappa shape index (κ1) is 15.5. The zero-order chi connectivity index (χ0) is 13.1. The van der Waals surface area contributed by atoms with Crippen LogP contribution in [0, 0.1) is 0 Å². The molecule has 0 atom stereocenters. The minimum Gasteiger partial charge on any atom is -0.335 e. The Kier molecular flexibility index (Phi) is 5.60. The molecule has 0 aromatic carbocycles. The van der Waals surface area contributed by atoms with Crippen LogP contribution < -0.4 is 0 Å². The fourth-order valence-corrected chi connectivity index (χ4v) is 3.73. The molecular formula is C14H17ClN2OS2. The van der Waals surface area contributed by atoms with Gasteiger partial charge < -0.3 is 4.90 Å². The maximum Gasteiger partial charge on any atom is 0.264 e. The molecule has 0 radical (unpaired) electrons. The number of nitrogens with zero attached hydrogens (tertiary/aromatic N) is 2. The summed E-state index contributed by atoms with van der Waals surface area (Å²) in [4.78, 5) is 18.8. The molecule has 1 aliphatic heterocycles. The maximum atomic E-state index is 12.2. The molecule has 3 rings (SSSR count). The van der Waals surface area contributed by atoms with Gasteiger partial charge in [-0.1, -0.05) is 12.1 Å². The lowest BCUT2D eigenvalue weighted by Crippen LogP contribution is -2.48. The van der Waals surface area contributed by atoms with Gasteiger partial charge in [-0.3, -0.25) is 9.69 Å². The number of halogens is 1. The molecule has 0 bridgehead atoms. The first-order valence-corrected chi connectivity index (χ1v) is 8.16. The van der Waals surface area contributed by atoms with E-state index in [9.17, 15) is 4.79 Å². The molecule has 1 aliphatic rings. The van der Waals surface area contributed by atoms with Gasteiger partial charge in [0, 0.05) is 37.6 Å². The van der Waals surface area contributed by atoms with Crippen LogP contribution >= 0.6 is 35.1 Å². The molecule has 3 nitrogen and oxygen atoms in total. The van der Waals surface area contributed by atoms with Crippen molar-refractivity contribution in [2.24, 2.45) is 0 Å². The van der Waals surface area contributed by atoms with Crippen molar-refractivity contribution in [3.8, 4) is 0 Å². The summed E-state index contributed by atoms with van der Waals surface area (Å²) >= 11 is 3.33. The van der Waals surface area contributed by atoms with E-state index in [1.54, 1.807) is 11.3 Å². The summed E-state index contributed by atoms with van der Waals surface area (Å²) in [6.45, 7) is 4.62. The lowest BCUT2D eigenvalue weighted by molar-refractivity contribution is 0.0634. The lowest BCUT2D eigenvalue weighted by atomic mass is 10.3. The molecule has 0 spiro atoms. The van der Waals surface area contributed by atoms with Crippen molar-refractivity contribution in [3.05, 3.63) is 44.8 Å². The van der Waals surface area contributed by atoms with Crippen molar-refractivity contribution in [2.45, 2.75) is 6.54 Å². The Hall–Kier alpha value is -0.880. The quantitative estimate of drug-likeness (QED) is 0.864. The van der Waals surface area contributed by atoms with Gasteiger partial charge in [-0.15, -0.1) is 35.1 Å². The SMILES string of the molecule is Cl.O=C(c1cccs1)N1CCN(Cc2cccs2)CC1. The second-order valence-electron chi connectivity index (χ2n) is 4.63. The van der Waals surface area contributed by atoms with Crippen LogP contribution in [-0.4, -0.2) is 41.9 Å². The predicted molar refractivity (Wildman–Crippen MR) is 87.1 cm³/mol. The molecule has 0 N–H and O–H groups in total. The van der Waals surface area contributed by atoms with E-state index in [4.69, 9.17) is 0 Å². The largest absolute Gasteiger partial charge is 0.335 e. The van der Waals surface area contributed by atoms with Gasteiger partial charge in [-0.05, 0) is 22.9 Å². The molecule has 108 valence electrons. The highest BCUT2D eigenvalue weighted by Crippen LogP contribution is 2.16. The molecule has 1 fully saturated rings. The van der Waals surface area contributed by atoms with Crippen molar-refractivity contribution in [1.82, 2.24) is 9.80 Å². The van der Waals surface area contributed by atoms with Crippen LogP contribution in [0.5, 0.6) is 0 Å². The molecule has 1 amide bonds. The zero-order valence-corrected chi connectivity index (χ0v) is 13.5. The third kappa shape index (κ3) is 3.61. The molecule has 6 heteroatoms. The Morgan fingerprint density at radius 3 is 2.35 bits per heavy atom. The van der Waals surface area contributed by atoms with E-state index >= 15 is 0 Å². The van der Waals surface area contributed by atoms with E-state index < -0.39 is 0 Å². The second kappa shape index (κ2) is 7.22. The van der Waals surface area contributed by atoms with Gasteiger partial charge in [-0.25, -0.2) is 0 Å². The Morgan fingerprint density at radius 1 is 1.05 bits per heavy atom. The number of carbonyl (C=O) groups is 1. The topological polar surface area (TPSA) is 23.6 Å². The fraction of sp³-hybridized carbons (Fsp3) is 0.357. The summed E-state index contributed by atoms with van der Waals surface area (Å²) in [5.74, 6) is 0.186. The fourth-order valence-electron chi connectivity index (χ4n) is 2.29. The van der Waals surface area contributed by atoms with Crippen molar-refractivity contribution in [3.63, 3.8) is 0 Å². The van der Waals surface area contributed by atoms with Crippen LogP contribution in [0.4, 0.5) is 0 Å².